The molecule has 0 aliphatic carbocycles. The van der Waals surface area contributed by atoms with Crippen molar-refractivity contribution in [1.29, 1.82) is 0 Å². The summed E-state index contributed by atoms with van der Waals surface area (Å²) in [6.07, 6.45) is -0.599. The van der Waals surface area contributed by atoms with Crippen LogP contribution in [0.4, 0.5) is 11.1 Å². The average molecular weight is 294 g/mol. The lowest BCUT2D eigenvalue weighted by molar-refractivity contribution is 0.191. The van der Waals surface area contributed by atoms with Gasteiger partial charge in [-0.15, -0.1) is 0 Å². The molecule has 1 unspecified atom stereocenters. The summed E-state index contributed by atoms with van der Waals surface area (Å²) in [4.78, 5) is 6.12. The van der Waals surface area contributed by atoms with Crippen molar-refractivity contribution < 1.29 is 10.2 Å². The molecule has 1 heterocycles. The van der Waals surface area contributed by atoms with E-state index in [1.54, 1.807) is 0 Å². The third kappa shape index (κ3) is 3.89. The summed E-state index contributed by atoms with van der Waals surface area (Å²) in [7, 11) is 1.85. The normalized spacial score (nSPS) is 12.2. The molecule has 1 atom stereocenters. The van der Waals surface area contributed by atoms with Gasteiger partial charge in [0.25, 0.3) is 0 Å². The number of nitrogens with zero attached hydrogens (tertiary/aromatic N) is 3. The lowest BCUT2D eigenvalue weighted by Gasteiger charge is -2.12. The molecule has 0 fully saturated rings. The van der Waals surface area contributed by atoms with Crippen molar-refractivity contribution in [2.45, 2.75) is 6.10 Å². The van der Waals surface area contributed by atoms with Gasteiger partial charge in [0.2, 0.25) is 11.1 Å². The highest BCUT2D eigenvalue weighted by Crippen LogP contribution is 2.19. The van der Waals surface area contributed by atoms with Crippen molar-refractivity contribution in [2.24, 2.45) is 0 Å². The molecule has 20 heavy (non-hydrogen) atoms. The van der Waals surface area contributed by atoms with Gasteiger partial charge in [-0.3, -0.25) is 0 Å². The minimum absolute atomic E-state index is 0.0750. The van der Waals surface area contributed by atoms with Crippen LogP contribution in [0.2, 0.25) is 0 Å². The van der Waals surface area contributed by atoms with E-state index < -0.39 is 6.10 Å². The number of aliphatic hydroxyl groups excluding tert-OH is 2. The standard InChI is InChI=1S/C13H18N4O2S/c1-17(7-8-18)13-15-12(16-20-13)14-9-11(19)10-5-3-2-4-6-10/h2-6,11,18-19H,7-9H2,1H3,(H,14,16). The maximum atomic E-state index is 10.0. The van der Waals surface area contributed by atoms with Crippen LogP contribution in [0.15, 0.2) is 30.3 Å². The van der Waals surface area contributed by atoms with Crippen molar-refractivity contribution in [1.82, 2.24) is 9.36 Å². The van der Waals surface area contributed by atoms with Crippen molar-refractivity contribution in [3.63, 3.8) is 0 Å². The molecular formula is C13H18N4O2S. The van der Waals surface area contributed by atoms with Crippen LogP contribution in [0.5, 0.6) is 0 Å². The van der Waals surface area contributed by atoms with Crippen LogP contribution in [-0.2, 0) is 0 Å². The Morgan fingerprint density at radius 2 is 2.10 bits per heavy atom. The van der Waals surface area contributed by atoms with Gasteiger partial charge in [0.05, 0.1) is 12.7 Å². The Bertz CT molecular complexity index is 520. The van der Waals surface area contributed by atoms with E-state index in [-0.39, 0.29) is 6.61 Å². The molecule has 0 aliphatic rings. The van der Waals surface area contributed by atoms with E-state index in [0.29, 0.717) is 19.0 Å². The van der Waals surface area contributed by atoms with Gasteiger partial charge in [-0.1, -0.05) is 30.3 Å². The summed E-state index contributed by atoms with van der Waals surface area (Å²) in [5.41, 5.74) is 0.854. The molecule has 0 saturated heterocycles. The minimum Gasteiger partial charge on any atom is -0.395 e. The number of aromatic nitrogens is 2. The molecule has 108 valence electrons. The molecule has 3 N–H and O–H groups in total. The Morgan fingerprint density at radius 1 is 1.35 bits per heavy atom. The summed E-state index contributed by atoms with van der Waals surface area (Å²) in [5, 5.41) is 22.6. The molecule has 1 aromatic heterocycles. The molecule has 2 rings (SSSR count). The monoisotopic (exact) mass is 294 g/mol. The van der Waals surface area contributed by atoms with Gasteiger partial charge in [-0.05, 0) is 5.56 Å². The molecule has 6 nitrogen and oxygen atoms in total. The predicted octanol–water partition coefficient (Wildman–Crippen LogP) is 1.11. The number of likely N-dealkylation sites (N-methyl/N-ethyl adjacent to an activating group) is 1. The summed E-state index contributed by atoms with van der Waals surface area (Å²) >= 11 is 1.25. The second-order valence-corrected chi connectivity index (χ2v) is 5.08. The van der Waals surface area contributed by atoms with E-state index in [2.05, 4.69) is 14.7 Å². The van der Waals surface area contributed by atoms with E-state index in [4.69, 9.17) is 5.11 Å². The SMILES string of the molecule is CN(CCO)c1nc(NCC(O)c2ccccc2)ns1. The maximum Gasteiger partial charge on any atom is 0.236 e. The fraction of sp³-hybridized carbons (Fsp3) is 0.385. The van der Waals surface area contributed by atoms with E-state index in [9.17, 15) is 5.11 Å². The number of nitrogens with one attached hydrogen (secondary N) is 1. The van der Waals surface area contributed by atoms with Gasteiger partial charge in [-0.25, -0.2) is 0 Å². The van der Waals surface area contributed by atoms with Gasteiger partial charge in [-0.2, -0.15) is 9.36 Å². The lowest BCUT2D eigenvalue weighted by atomic mass is 10.1. The Morgan fingerprint density at radius 3 is 2.80 bits per heavy atom. The first-order chi connectivity index (χ1) is 9.70. The molecule has 1 aromatic carbocycles. The zero-order valence-corrected chi connectivity index (χ0v) is 12.0. The molecule has 0 amide bonds. The molecule has 0 aliphatic heterocycles. The smallest absolute Gasteiger partial charge is 0.236 e. The molecule has 0 radical (unpaired) electrons. The van der Waals surface area contributed by atoms with Crippen LogP contribution in [0.25, 0.3) is 0 Å². The Balaban J connectivity index is 1.88. The Labute approximate surface area is 121 Å². The van der Waals surface area contributed by atoms with Crippen LogP contribution in [0.3, 0.4) is 0 Å². The van der Waals surface area contributed by atoms with Crippen molar-refractivity contribution in [3.05, 3.63) is 35.9 Å². The Hall–Kier alpha value is -1.70. The highest BCUT2D eigenvalue weighted by Gasteiger charge is 2.10. The van der Waals surface area contributed by atoms with Gasteiger partial charge in [0, 0.05) is 31.7 Å². The van der Waals surface area contributed by atoms with Crippen LogP contribution in [-0.4, -0.2) is 46.3 Å². The van der Waals surface area contributed by atoms with Crippen molar-refractivity contribution in [3.8, 4) is 0 Å². The van der Waals surface area contributed by atoms with Crippen LogP contribution in [0, 0.1) is 0 Å². The average Bonchev–Trinajstić information content (AvgIpc) is 2.95. The topological polar surface area (TPSA) is 81.5 Å². The summed E-state index contributed by atoms with van der Waals surface area (Å²) in [5.74, 6) is 0.491. The third-order valence-corrected chi connectivity index (χ3v) is 3.65. The largest absolute Gasteiger partial charge is 0.395 e. The van der Waals surface area contributed by atoms with E-state index >= 15 is 0 Å². The molecular weight excluding hydrogens is 276 g/mol. The maximum absolute atomic E-state index is 10.0. The van der Waals surface area contributed by atoms with Gasteiger partial charge in [0.1, 0.15) is 0 Å². The van der Waals surface area contributed by atoms with Gasteiger partial charge >= 0.3 is 0 Å². The van der Waals surface area contributed by atoms with Crippen LogP contribution in [0.1, 0.15) is 11.7 Å². The first kappa shape index (κ1) is 14.7. The fourth-order valence-corrected chi connectivity index (χ4v) is 2.30. The molecule has 0 bridgehead atoms. The number of hydrogen-bond donors (Lipinski definition) is 3. The first-order valence-electron chi connectivity index (χ1n) is 6.33. The number of hydrogen-bond acceptors (Lipinski definition) is 7. The van der Waals surface area contributed by atoms with Crippen molar-refractivity contribution in [2.75, 3.05) is 37.0 Å². The fourth-order valence-electron chi connectivity index (χ4n) is 1.67. The number of benzene rings is 1. The van der Waals surface area contributed by atoms with E-state index in [1.807, 2.05) is 42.3 Å². The second kappa shape index (κ2) is 7.18. The van der Waals surface area contributed by atoms with Gasteiger partial charge < -0.3 is 20.4 Å². The molecule has 2 aromatic rings. The van der Waals surface area contributed by atoms with E-state index in [0.717, 1.165) is 10.7 Å². The van der Waals surface area contributed by atoms with Crippen LogP contribution >= 0.6 is 11.5 Å². The number of rotatable bonds is 7. The summed E-state index contributed by atoms with van der Waals surface area (Å²) in [6, 6.07) is 9.45. The molecule has 0 spiro atoms. The molecule has 0 saturated carbocycles. The predicted molar refractivity (Wildman–Crippen MR) is 80.2 cm³/mol. The molecule has 7 heteroatoms. The number of anilines is 2. The zero-order chi connectivity index (χ0) is 14.4. The van der Waals surface area contributed by atoms with E-state index in [1.165, 1.54) is 11.5 Å². The van der Waals surface area contributed by atoms with Crippen LogP contribution < -0.4 is 10.2 Å². The second-order valence-electron chi connectivity index (χ2n) is 4.35. The Kier molecular flexibility index (Phi) is 5.28. The van der Waals surface area contributed by atoms with Crippen molar-refractivity contribution >= 4 is 22.6 Å². The minimum atomic E-state index is -0.599. The quantitative estimate of drug-likeness (QED) is 0.710. The first-order valence-corrected chi connectivity index (χ1v) is 7.10. The third-order valence-electron chi connectivity index (χ3n) is 2.82. The highest BCUT2D eigenvalue weighted by atomic mass is 32.1. The highest BCUT2D eigenvalue weighted by molar-refractivity contribution is 7.09. The van der Waals surface area contributed by atoms with Gasteiger partial charge in [0.15, 0.2) is 0 Å². The summed E-state index contributed by atoms with van der Waals surface area (Å²) in [6.45, 7) is 0.941. The summed E-state index contributed by atoms with van der Waals surface area (Å²) < 4.78 is 4.17. The zero-order valence-electron chi connectivity index (χ0n) is 11.2. The lowest BCUT2D eigenvalue weighted by Crippen LogP contribution is -2.21. The number of aliphatic hydroxyl groups is 2.